The van der Waals surface area contributed by atoms with Gasteiger partial charge in [0.2, 0.25) is 5.91 Å². The zero-order valence-corrected chi connectivity index (χ0v) is 12.4. The Labute approximate surface area is 118 Å². The molecule has 0 aromatic heterocycles. The summed E-state index contributed by atoms with van der Waals surface area (Å²) in [7, 11) is 1.65. The quantitative estimate of drug-likeness (QED) is 0.903. The topological polar surface area (TPSA) is 46.3 Å². The third kappa shape index (κ3) is 3.15. The van der Waals surface area contributed by atoms with Gasteiger partial charge >= 0.3 is 0 Å². The second-order valence-corrected chi connectivity index (χ2v) is 5.38. The van der Waals surface area contributed by atoms with Crippen LogP contribution >= 0.6 is 0 Å². The van der Waals surface area contributed by atoms with Gasteiger partial charge in [-0.25, -0.2) is 8.78 Å². The van der Waals surface area contributed by atoms with Gasteiger partial charge in [0, 0.05) is 13.6 Å². The number of halogens is 2. The molecule has 0 bridgehead atoms. The van der Waals surface area contributed by atoms with Gasteiger partial charge in [-0.1, -0.05) is 13.0 Å². The molecule has 2 atom stereocenters. The lowest BCUT2D eigenvalue weighted by atomic mass is 9.85. The highest BCUT2D eigenvalue weighted by Gasteiger charge is 2.34. The van der Waals surface area contributed by atoms with Crippen molar-refractivity contribution in [2.75, 3.05) is 13.6 Å². The molecule has 0 aliphatic heterocycles. The molecule has 0 saturated heterocycles. The second-order valence-electron chi connectivity index (χ2n) is 5.38. The van der Waals surface area contributed by atoms with E-state index >= 15 is 0 Å². The summed E-state index contributed by atoms with van der Waals surface area (Å²) in [5.74, 6) is -1.90. The van der Waals surface area contributed by atoms with Gasteiger partial charge in [-0.3, -0.25) is 4.79 Å². The Bertz CT molecular complexity index is 487. The smallest absolute Gasteiger partial charge is 0.230 e. The third-order valence-electron chi connectivity index (χ3n) is 4.07. The lowest BCUT2D eigenvalue weighted by Gasteiger charge is -2.34. The minimum Gasteiger partial charge on any atom is -0.338 e. The molecular weight excluding hydrogens is 262 g/mol. The summed E-state index contributed by atoms with van der Waals surface area (Å²) < 4.78 is 26.2. The van der Waals surface area contributed by atoms with Crippen molar-refractivity contribution in [1.29, 1.82) is 0 Å². The van der Waals surface area contributed by atoms with Crippen LogP contribution in [0.2, 0.25) is 0 Å². The molecular formula is C15H22F2N2O. The van der Waals surface area contributed by atoms with Crippen LogP contribution in [0, 0.1) is 17.0 Å². The number of carbonyl (C=O) groups is 1. The Hall–Kier alpha value is -1.49. The predicted octanol–water partition coefficient (Wildman–Crippen LogP) is 2.86. The minimum absolute atomic E-state index is 0.0975. The fourth-order valence-corrected chi connectivity index (χ4v) is 1.98. The van der Waals surface area contributed by atoms with Crippen LogP contribution in [-0.2, 0) is 4.79 Å². The second kappa shape index (κ2) is 6.31. The van der Waals surface area contributed by atoms with E-state index < -0.39 is 17.0 Å². The monoisotopic (exact) mass is 284 g/mol. The summed E-state index contributed by atoms with van der Waals surface area (Å²) in [6, 6.07) is 3.32. The van der Waals surface area contributed by atoms with Crippen molar-refractivity contribution in [1.82, 2.24) is 4.90 Å². The fraction of sp³-hybridized carbons (Fsp3) is 0.533. The number of hydrogen-bond donors (Lipinski definition) is 1. The first kappa shape index (κ1) is 16.6. The first-order valence-corrected chi connectivity index (χ1v) is 6.69. The Morgan fingerprint density at radius 3 is 2.45 bits per heavy atom. The average molecular weight is 284 g/mol. The van der Waals surface area contributed by atoms with Gasteiger partial charge in [0.25, 0.3) is 0 Å². The van der Waals surface area contributed by atoms with Crippen molar-refractivity contribution < 1.29 is 13.6 Å². The lowest BCUT2D eigenvalue weighted by Crippen LogP contribution is -2.45. The highest BCUT2D eigenvalue weighted by atomic mass is 19.2. The van der Waals surface area contributed by atoms with Gasteiger partial charge in [0.15, 0.2) is 11.6 Å². The summed E-state index contributed by atoms with van der Waals surface area (Å²) in [5, 5.41) is 0. The number of carbonyl (C=O) groups excluding carboxylic acids is 1. The van der Waals surface area contributed by atoms with Crippen LogP contribution in [0.4, 0.5) is 8.78 Å². The molecule has 1 aromatic rings. The van der Waals surface area contributed by atoms with Crippen LogP contribution in [0.3, 0.4) is 0 Å². The molecule has 0 aliphatic carbocycles. The molecule has 0 saturated carbocycles. The molecule has 0 fully saturated rings. The van der Waals surface area contributed by atoms with E-state index in [9.17, 15) is 13.6 Å². The number of amides is 1. The zero-order chi connectivity index (χ0) is 15.5. The zero-order valence-electron chi connectivity index (χ0n) is 12.4. The first-order valence-electron chi connectivity index (χ1n) is 6.69. The van der Waals surface area contributed by atoms with E-state index in [1.165, 1.54) is 11.0 Å². The van der Waals surface area contributed by atoms with E-state index in [4.69, 9.17) is 5.73 Å². The summed E-state index contributed by atoms with van der Waals surface area (Å²) in [6.45, 7) is 5.74. The maximum absolute atomic E-state index is 13.3. The largest absolute Gasteiger partial charge is 0.338 e. The molecule has 0 heterocycles. The van der Waals surface area contributed by atoms with E-state index in [1.807, 2.05) is 13.8 Å². The molecule has 0 spiro atoms. The van der Waals surface area contributed by atoms with Gasteiger partial charge in [-0.05, 0) is 38.0 Å². The standard InChI is InChI=1S/C15H22F2N2O/c1-5-15(3,9-18)14(20)19(4)10(2)11-6-7-12(16)13(17)8-11/h6-8,10H,5,9,18H2,1-4H3. The molecule has 1 aromatic carbocycles. The van der Waals surface area contributed by atoms with Gasteiger partial charge in [0.1, 0.15) is 0 Å². The van der Waals surface area contributed by atoms with Crippen LogP contribution in [-0.4, -0.2) is 24.4 Å². The van der Waals surface area contributed by atoms with Gasteiger partial charge in [-0.15, -0.1) is 0 Å². The van der Waals surface area contributed by atoms with Gasteiger partial charge < -0.3 is 10.6 Å². The molecule has 3 nitrogen and oxygen atoms in total. The normalized spacial score (nSPS) is 15.6. The molecule has 1 amide bonds. The molecule has 2 unspecified atom stereocenters. The van der Waals surface area contributed by atoms with E-state index in [1.54, 1.807) is 14.0 Å². The van der Waals surface area contributed by atoms with Crippen LogP contribution in [0.25, 0.3) is 0 Å². The number of nitrogens with two attached hydrogens (primary N) is 1. The highest BCUT2D eigenvalue weighted by Crippen LogP contribution is 2.28. The van der Waals surface area contributed by atoms with Crippen LogP contribution < -0.4 is 5.73 Å². The molecule has 2 N–H and O–H groups in total. The van der Waals surface area contributed by atoms with Crippen molar-refractivity contribution in [2.45, 2.75) is 33.2 Å². The van der Waals surface area contributed by atoms with E-state index in [-0.39, 0.29) is 18.5 Å². The Morgan fingerprint density at radius 1 is 1.40 bits per heavy atom. The summed E-state index contributed by atoms with van der Waals surface area (Å²) >= 11 is 0. The number of hydrogen-bond acceptors (Lipinski definition) is 2. The molecule has 20 heavy (non-hydrogen) atoms. The van der Waals surface area contributed by atoms with Crippen molar-refractivity contribution >= 4 is 5.91 Å². The SMILES string of the molecule is CCC(C)(CN)C(=O)N(C)C(C)c1ccc(F)c(F)c1. The maximum atomic E-state index is 13.3. The van der Waals surface area contributed by atoms with E-state index in [2.05, 4.69) is 0 Å². The maximum Gasteiger partial charge on any atom is 0.230 e. The first-order chi connectivity index (χ1) is 9.26. The van der Waals surface area contributed by atoms with E-state index in [0.29, 0.717) is 12.0 Å². The van der Waals surface area contributed by atoms with Crippen molar-refractivity contribution in [2.24, 2.45) is 11.1 Å². The van der Waals surface area contributed by atoms with Crippen molar-refractivity contribution in [3.63, 3.8) is 0 Å². The molecule has 1 rings (SSSR count). The molecule has 0 radical (unpaired) electrons. The summed E-state index contributed by atoms with van der Waals surface area (Å²) in [5.41, 5.74) is 5.60. The molecule has 5 heteroatoms. The van der Waals surface area contributed by atoms with Crippen LogP contribution in [0.5, 0.6) is 0 Å². The van der Waals surface area contributed by atoms with Crippen LogP contribution in [0.1, 0.15) is 38.8 Å². The van der Waals surface area contributed by atoms with Crippen molar-refractivity contribution in [3.8, 4) is 0 Å². The molecule has 0 aliphatic rings. The Balaban J connectivity index is 2.99. The highest BCUT2D eigenvalue weighted by molar-refractivity contribution is 5.82. The average Bonchev–Trinajstić information content (AvgIpc) is 2.46. The fourth-order valence-electron chi connectivity index (χ4n) is 1.98. The number of rotatable bonds is 5. The summed E-state index contributed by atoms with van der Waals surface area (Å²) in [6.07, 6.45) is 0.622. The number of nitrogens with zero attached hydrogens (tertiary/aromatic N) is 1. The predicted molar refractivity (Wildman–Crippen MR) is 75.0 cm³/mol. The Morgan fingerprint density at radius 2 is 2.00 bits per heavy atom. The van der Waals surface area contributed by atoms with Crippen LogP contribution in [0.15, 0.2) is 18.2 Å². The van der Waals surface area contributed by atoms with E-state index in [0.717, 1.165) is 12.1 Å². The van der Waals surface area contributed by atoms with Gasteiger partial charge in [-0.2, -0.15) is 0 Å². The lowest BCUT2D eigenvalue weighted by molar-refractivity contribution is -0.141. The summed E-state index contributed by atoms with van der Waals surface area (Å²) in [4.78, 5) is 14.0. The third-order valence-corrected chi connectivity index (χ3v) is 4.07. The number of benzene rings is 1. The van der Waals surface area contributed by atoms with Gasteiger partial charge in [0.05, 0.1) is 11.5 Å². The molecule has 112 valence electrons. The van der Waals surface area contributed by atoms with Crippen molar-refractivity contribution in [3.05, 3.63) is 35.4 Å². The Kier molecular flexibility index (Phi) is 5.22. The minimum atomic E-state index is -0.910.